The SMILES string of the molecule is C=C(C)OCc1nnc2n1-c1ccc(SC(C)C)cc1C(c1ccccc1F)=NC2. The van der Waals surface area contributed by atoms with Gasteiger partial charge in [-0.25, -0.2) is 4.39 Å². The van der Waals surface area contributed by atoms with Gasteiger partial charge in [-0.1, -0.05) is 32.6 Å². The van der Waals surface area contributed by atoms with Crippen molar-refractivity contribution in [3.63, 3.8) is 0 Å². The van der Waals surface area contributed by atoms with Crippen LogP contribution < -0.4 is 0 Å². The summed E-state index contributed by atoms with van der Waals surface area (Å²) in [6.07, 6.45) is 0. The maximum Gasteiger partial charge on any atom is 0.175 e. The number of nitrogens with zero attached hydrogens (tertiary/aromatic N) is 4. The Labute approximate surface area is 179 Å². The summed E-state index contributed by atoms with van der Waals surface area (Å²) in [4.78, 5) is 5.85. The second kappa shape index (κ2) is 8.44. The second-order valence-corrected chi connectivity index (χ2v) is 9.00. The van der Waals surface area contributed by atoms with Gasteiger partial charge in [0.1, 0.15) is 19.0 Å². The average molecular weight is 423 g/mol. The Bertz CT molecular complexity index is 1140. The van der Waals surface area contributed by atoms with E-state index < -0.39 is 0 Å². The number of aromatic nitrogens is 3. The van der Waals surface area contributed by atoms with Crippen LogP contribution >= 0.6 is 11.8 Å². The van der Waals surface area contributed by atoms with Crippen LogP contribution in [0.15, 0.2) is 64.7 Å². The van der Waals surface area contributed by atoms with Gasteiger partial charge in [-0.2, -0.15) is 0 Å². The summed E-state index contributed by atoms with van der Waals surface area (Å²) >= 11 is 1.76. The maximum atomic E-state index is 14.7. The first-order valence-corrected chi connectivity index (χ1v) is 10.6. The summed E-state index contributed by atoms with van der Waals surface area (Å²) in [5.74, 6) is 1.65. The van der Waals surface area contributed by atoms with Crippen molar-refractivity contribution in [3.8, 4) is 5.69 Å². The van der Waals surface area contributed by atoms with Gasteiger partial charge >= 0.3 is 0 Å². The van der Waals surface area contributed by atoms with Gasteiger partial charge in [-0.05, 0) is 37.3 Å². The van der Waals surface area contributed by atoms with Crippen molar-refractivity contribution in [2.45, 2.75) is 44.1 Å². The summed E-state index contributed by atoms with van der Waals surface area (Å²) in [5, 5.41) is 9.03. The maximum absolute atomic E-state index is 14.7. The first kappa shape index (κ1) is 20.3. The number of rotatable bonds is 6. The molecule has 0 saturated heterocycles. The zero-order valence-corrected chi connectivity index (χ0v) is 18.0. The van der Waals surface area contributed by atoms with Crippen LogP contribution in [0, 0.1) is 5.82 Å². The molecular weight excluding hydrogens is 399 g/mol. The highest BCUT2D eigenvalue weighted by atomic mass is 32.2. The zero-order chi connectivity index (χ0) is 21.3. The number of ether oxygens (including phenoxy) is 1. The molecule has 5 nitrogen and oxygen atoms in total. The lowest BCUT2D eigenvalue weighted by molar-refractivity contribution is 0.193. The van der Waals surface area contributed by atoms with Crippen LogP contribution in [-0.2, 0) is 17.9 Å². The van der Waals surface area contributed by atoms with Crippen molar-refractivity contribution in [2.24, 2.45) is 4.99 Å². The Morgan fingerprint density at radius 1 is 1.20 bits per heavy atom. The molecular formula is C23H23FN4OS. The van der Waals surface area contributed by atoms with E-state index >= 15 is 0 Å². The van der Waals surface area contributed by atoms with E-state index in [9.17, 15) is 4.39 Å². The van der Waals surface area contributed by atoms with Crippen LogP contribution in [0.25, 0.3) is 5.69 Å². The van der Waals surface area contributed by atoms with Crippen LogP contribution in [-0.4, -0.2) is 25.7 Å². The lowest BCUT2D eigenvalue weighted by atomic mass is 10.00. The van der Waals surface area contributed by atoms with Gasteiger partial charge in [0, 0.05) is 21.3 Å². The summed E-state index contributed by atoms with van der Waals surface area (Å²) in [6, 6.07) is 12.9. The van der Waals surface area contributed by atoms with E-state index in [0.717, 1.165) is 16.1 Å². The van der Waals surface area contributed by atoms with Crippen molar-refractivity contribution in [2.75, 3.05) is 0 Å². The minimum Gasteiger partial charge on any atom is -0.491 e. The Morgan fingerprint density at radius 3 is 2.73 bits per heavy atom. The largest absolute Gasteiger partial charge is 0.491 e. The van der Waals surface area contributed by atoms with E-state index in [1.54, 1.807) is 30.8 Å². The fourth-order valence-electron chi connectivity index (χ4n) is 3.38. The van der Waals surface area contributed by atoms with E-state index in [1.165, 1.54) is 6.07 Å². The van der Waals surface area contributed by atoms with Crippen LogP contribution in [0.4, 0.5) is 4.39 Å². The van der Waals surface area contributed by atoms with Crippen LogP contribution in [0.1, 0.15) is 43.5 Å². The van der Waals surface area contributed by atoms with Crippen molar-refractivity contribution >= 4 is 17.5 Å². The number of aliphatic imine (C=N–C) groups is 1. The van der Waals surface area contributed by atoms with Crippen molar-refractivity contribution in [3.05, 3.63) is 83.4 Å². The van der Waals surface area contributed by atoms with Crippen molar-refractivity contribution in [1.29, 1.82) is 0 Å². The summed E-state index contributed by atoms with van der Waals surface area (Å²) in [7, 11) is 0. The van der Waals surface area contributed by atoms with Gasteiger partial charge in [-0.3, -0.25) is 9.56 Å². The van der Waals surface area contributed by atoms with E-state index in [4.69, 9.17) is 9.73 Å². The van der Waals surface area contributed by atoms with Crippen molar-refractivity contribution in [1.82, 2.24) is 14.8 Å². The fraction of sp³-hybridized carbons (Fsp3) is 0.261. The average Bonchev–Trinajstić information content (AvgIpc) is 3.03. The molecule has 2 aromatic carbocycles. The molecule has 30 heavy (non-hydrogen) atoms. The molecule has 0 atom stereocenters. The topological polar surface area (TPSA) is 52.3 Å². The smallest absolute Gasteiger partial charge is 0.175 e. The van der Waals surface area contributed by atoms with Crippen LogP contribution in [0.2, 0.25) is 0 Å². The highest BCUT2D eigenvalue weighted by Crippen LogP contribution is 2.32. The van der Waals surface area contributed by atoms with Gasteiger partial charge in [0.15, 0.2) is 11.6 Å². The molecule has 0 amide bonds. The predicted octanol–water partition coefficient (Wildman–Crippen LogP) is 5.31. The number of benzene rings is 2. The quantitative estimate of drug-likeness (QED) is 0.399. The molecule has 1 aromatic heterocycles. The standard InChI is InChI=1S/C23H23FN4OS/c1-14(2)29-13-22-27-26-21-12-25-23(17-7-5-6-8-19(17)24)18-11-16(30-15(3)4)9-10-20(18)28(21)22/h5-11,15H,1,12-13H2,2-4H3. The molecule has 7 heteroatoms. The molecule has 4 rings (SSSR count). The number of halogens is 1. The molecule has 2 heterocycles. The molecule has 0 unspecified atom stereocenters. The molecule has 1 aliphatic rings. The third-order valence-corrected chi connectivity index (χ3v) is 5.59. The van der Waals surface area contributed by atoms with E-state index in [1.807, 2.05) is 16.7 Å². The van der Waals surface area contributed by atoms with E-state index in [2.05, 4.69) is 42.8 Å². The van der Waals surface area contributed by atoms with Gasteiger partial charge in [-0.15, -0.1) is 22.0 Å². The van der Waals surface area contributed by atoms with Gasteiger partial charge in [0.25, 0.3) is 0 Å². The number of fused-ring (bicyclic) bond motifs is 3. The minimum atomic E-state index is -0.299. The number of hydrogen-bond acceptors (Lipinski definition) is 5. The molecule has 3 aromatic rings. The van der Waals surface area contributed by atoms with Crippen LogP contribution in [0.5, 0.6) is 0 Å². The van der Waals surface area contributed by atoms with Crippen LogP contribution in [0.3, 0.4) is 0 Å². The molecule has 154 valence electrons. The molecule has 0 radical (unpaired) electrons. The second-order valence-electron chi connectivity index (χ2n) is 7.35. The summed E-state index contributed by atoms with van der Waals surface area (Å²) < 4.78 is 22.3. The summed E-state index contributed by atoms with van der Waals surface area (Å²) in [6.45, 7) is 10.4. The lowest BCUT2D eigenvalue weighted by Gasteiger charge is -2.16. The molecule has 0 bridgehead atoms. The van der Waals surface area contributed by atoms with E-state index in [0.29, 0.717) is 40.5 Å². The number of thioether (sulfide) groups is 1. The number of allylic oxidation sites excluding steroid dienone is 1. The molecule has 1 aliphatic heterocycles. The monoisotopic (exact) mass is 422 g/mol. The molecule has 0 spiro atoms. The number of hydrogen-bond donors (Lipinski definition) is 0. The lowest BCUT2D eigenvalue weighted by Crippen LogP contribution is -2.11. The molecule has 0 aliphatic carbocycles. The van der Waals surface area contributed by atoms with E-state index in [-0.39, 0.29) is 12.4 Å². The first-order chi connectivity index (χ1) is 14.4. The predicted molar refractivity (Wildman–Crippen MR) is 118 cm³/mol. The van der Waals surface area contributed by atoms with Gasteiger partial charge in [0.2, 0.25) is 0 Å². The Balaban J connectivity index is 1.89. The molecule has 0 saturated carbocycles. The van der Waals surface area contributed by atoms with Gasteiger partial charge < -0.3 is 4.74 Å². The third kappa shape index (κ3) is 4.03. The normalized spacial score (nSPS) is 12.8. The Kier molecular flexibility index (Phi) is 5.72. The zero-order valence-electron chi connectivity index (χ0n) is 17.2. The minimum absolute atomic E-state index is 0.249. The highest BCUT2D eigenvalue weighted by molar-refractivity contribution is 7.99. The van der Waals surface area contributed by atoms with Gasteiger partial charge in [0.05, 0.1) is 17.2 Å². The Hall–Kier alpha value is -2.93. The van der Waals surface area contributed by atoms with Crippen molar-refractivity contribution < 1.29 is 9.13 Å². The first-order valence-electron chi connectivity index (χ1n) is 9.76. The molecule has 0 N–H and O–H groups in total. The fourth-order valence-corrected chi connectivity index (χ4v) is 4.26. The molecule has 0 fully saturated rings. The highest BCUT2D eigenvalue weighted by Gasteiger charge is 2.25. The third-order valence-electron chi connectivity index (χ3n) is 4.59. The summed E-state index contributed by atoms with van der Waals surface area (Å²) in [5.41, 5.74) is 2.80. The Morgan fingerprint density at radius 2 is 2.00 bits per heavy atom.